The van der Waals surface area contributed by atoms with Gasteiger partial charge >= 0.3 is 0 Å². The average Bonchev–Trinajstić information content (AvgIpc) is 2.76. The lowest BCUT2D eigenvalue weighted by Gasteiger charge is -1.92. The molecule has 0 saturated carbocycles. The van der Waals surface area contributed by atoms with Crippen LogP contribution in [-0.2, 0) is 0 Å². The fourth-order valence-corrected chi connectivity index (χ4v) is 2.01. The SMILES string of the molecule is Brc1cncc2oc(-c3cccnc3)cc12. The second kappa shape index (κ2) is 3.72. The molecule has 3 nitrogen and oxygen atoms in total. The maximum absolute atomic E-state index is 5.70. The molecule has 3 aromatic heterocycles. The first-order chi connectivity index (χ1) is 7.84. The number of pyridine rings is 2. The van der Waals surface area contributed by atoms with Crippen molar-refractivity contribution >= 4 is 26.9 Å². The van der Waals surface area contributed by atoms with Crippen LogP contribution in [0.3, 0.4) is 0 Å². The number of hydrogen-bond acceptors (Lipinski definition) is 3. The van der Waals surface area contributed by atoms with Gasteiger partial charge in [0.25, 0.3) is 0 Å². The van der Waals surface area contributed by atoms with Gasteiger partial charge in [0.1, 0.15) is 5.76 Å². The van der Waals surface area contributed by atoms with E-state index in [4.69, 9.17) is 4.42 Å². The fourth-order valence-electron chi connectivity index (χ4n) is 1.58. The maximum atomic E-state index is 5.70. The molecule has 0 unspecified atom stereocenters. The molecule has 0 radical (unpaired) electrons. The van der Waals surface area contributed by atoms with Crippen LogP contribution >= 0.6 is 15.9 Å². The van der Waals surface area contributed by atoms with E-state index in [0.29, 0.717) is 0 Å². The van der Waals surface area contributed by atoms with Crippen LogP contribution in [0.25, 0.3) is 22.3 Å². The summed E-state index contributed by atoms with van der Waals surface area (Å²) in [6.07, 6.45) is 6.98. The fraction of sp³-hybridized carbons (Fsp3) is 0. The highest BCUT2D eigenvalue weighted by Crippen LogP contribution is 2.30. The summed E-state index contributed by atoms with van der Waals surface area (Å²) in [7, 11) is 0. The third kappa shape index (κ3) is 1.51. The summed E-state index contributed by atoms with van der Waals surface area (Å²) in [5.41, 5.74) is 1.74. The van der Waals surface area contributed by atoms with Crippen molar-refractivity contribution in [3.63, 3.8) is 0 Å². The predicted molar refractivity (Wildman–Crippen MR) is 64.9 cm³/mol. The Morgan fingerprint density at radius 1 is 1.12 bits per heavy atom. The van der Waals surface area contributed by atoms with Gasteiger partial charge in [-0.05, 0) is 34.1 Å². The minimum Gasteiger partial charge on any atom is -0.454 e. The van der Waals surface area contributed by atoms with Crippen LogP contribution in [0.4, 0.5) is 0 Å². The third-order valence-electron chi connectivity index (χ3n) is 2.34. The van der Waals surface area contributed by atoms with Gasteiger partial charge in [0.15, 0.2) is 5.58 Å². The number of nitrogens with zero attached hydrogens (tertiary/aromatic N) is 2. The molecule has 0 bridgehead atoms. The van der Waals surface area contributed by atoms with Gasteiger partial charge in [-0.25, -0.2) is 0 Å². The minimum absolute atomic E-state index is 0.772. The Bertz CT molecular complexity index is 634. The molecule has 78 valence electrons. The Hall–Kier alpha value is -1.68. The summed E-state index contributed by atoms with van der Waals surface area (Å²) in [5.74, 6) is 0.803. The smallest absolute Gasteiger partial charge is 0.154 e. The molecule has 0 N–H and O–H groups in total. The van der Waals surface area contributed by atoms with Crippen molar-refractivity contribution in [2.24, 2.45) is 0 Å². The number of aromatic nitrogens is 2. The topological polar surface area (TPSA) is 38.9 Å². The van der Waals surface area contributed by atoms with Gasteiger partial charge in [0, 0.05) is 34.0 Å². The van der Waals surface area contributed by atoms with E-state index in [1.807, 2.05) is 18.2 Å². The van der Waals surface area contributed by atoms with Crippen LogP contribution in [0.5, 0.6) is 0 Å². The quantitative estimate of drug-likeness (QED) is 0.680. The van der Waals surface area contributed by atoms with E-state index in [1.165, 1.54) is 0 Å². The standard InChI is InChI=1S/C12H7BrN2O/c13-10-6-15-7-12-9(10)4-11(16-12)8-2-1-3-14-5-8/h1-7H. The molecular weight excluding hydrogens is 268 g/mol. The Morgan fingerprint density at radius 3 is 2.81 bits per heavy atom. The van der Waals surface area contributed by atoms with Crippen molar-refractivity contribution in [2.75, 3.05) is 0 Å². The van der Waals surface area contributed by atoms with E-state index in [0.717, 1.165) is 26.8 Å². The van der Waals surface area contributed by atoms with Gasteiger partial charge in [0.05, 0.1) is 6.20 Å². The molecule has 16 heavy (non-hydrogen) atoms. The molecule has 0 aliphatic carbocycles. The van der Waals surface area contributed by atoms with Crippen LogP contribution in [0, 0.1) is 0 Å². The molecule has 0 spiro atoms. The summed E-state index contributed by atoms with van der Waals surface area (Å²) in [5, 5.41) is 1.02. The second-order valence-corrected chi connectivity index (χ2v) is 4.24. The van der Waals surface area contributed by atoms with Crippen LogP contribution in [0.2, 0.25) is 0 Å². The lowest BCUT2D eigenvalue weighted by molar-refractivity contribution is 0.629. The molecule has 3 heterocycles. The van der Waals surface area contributed by atoms with Gasteiger partial charge in [0.2, 0.25) is 0 Å². The molecular formula is C12H7BrN2O. The van der Waals surface area contributed by atoms with Crippen molar-refractivity contribution in [3.8, 4) is 11.3 Å². The molecule has 0 fully saturated rings. The van der Waals surface area contributed by atoms with Gasteiger partial charge < -0.3 is 4.42 Å². The summed E-state index contributed by atoms with van der Waals surface area (Å²) in [6.45, 7) is 0. The van der Waals surface area contributed by atoms with Crippen molar-refractivity contribution < 1.29 is 4.42 Å². The average molecular weight is 275 g/mol. The second-order valence-electron chi connectivity index (χ2n) is 3.39. The van der Waals surface area contributed by atoms with E-state index >= 15 is 0 Å². The number of fused-ring (bicyclic) bond motifs is 1. The lowest BCUT2D eigenvalue weighted by atomic mass is 10.2. The molecule has 0 saturated heterocycles. The third-order valence-corrected chi connectivity index (χ3v) is 2.98. The maximum Gasteiger partial charge on any atom is 0.154 e. The van der Waals surface area contributed by atoms with Crippen molar-refractivity contribution in [1.29, 1.82) is 0 Å². The molecule has 0 aliphatic heterocycles. The Kier molecular flexibility index (Phi) is 2.22. The van der Waals surface area contributed by atoms with E-state index in [2.05, 4.69) is 25.9 Å². The minimum atomic E-state index is 0.772. The number of halogens is 1. The Morgan fingerprint density at radius 2 is 2.06 bits per heavy atom. The molecule has 0 aliphatic rings. The molecule has 0 amide bonds. The predicted octanol–water partition coefficient (Wildman–Crippen LogP) is 3.65. The highest BCUT2D eigenvalue weighted by atomic mass is 79.9. The number of hydrogen-bond donors (Lipinski definition) is 0. The summed E-state index contributed by atoms with van der Waals surface area (Å²) in [4.78, 5) is 8.13. The molecule has 0 atom stereocenters. The Labute approximate surface area is 100 Å². The van der Waals surface area contributed by atoms with Crippen molar-refractivity contribution in [1.82, 2.24) is 9.97 Å². The largest absolute Gasteiger partial charge is 0.454 e. The van der Waals surface area contributed by atoms with Gasteiger partial charge in [-0.1, -0.05) is 0 Å². The van der Waals surface area contributed by atoms with Crippen LogP contribution in [0.15, 0.2) is 51.9 Å². The lowest BCUT2D eigenvalue weighted by Crippen LogP contribution is -1.73. The summed E-state index contributed by atoms with van der Waals surface area (Å²) < 4.78 is 6.64. The van der Waals surface area contributed by atoms with E-state index in [-0.39, 0.29) is 0 Å². The van der Waals surface area contributed by atoms with Crippen LogP contribution < -0.4 is 0 Å². The van der Waals surface area contributed by atoms with Crippen molar-refractivity contribution in [3.05, 3.63) is 47.5 Å². The van der Waals surface area contributed by atoms with E-state index in [9.17, 15) is 0 Å². The number of furan rings is 1. The van der Waals surface area contributed by atoms with Gasteiger partial charge in [-0.3, -0.25) is 9.97 Å². The van der Waals surface area contributed by atoms with E-state index < -0.39 is 0 Å². The highest BCUT2D eigenvalue weighted by Gasteiger charge is 2.08. The van der Waals surface area contributed by atoms with Gasteiger partial charge in [-0.15, -0.1) is 0 Å². The first kappa shape index (κ1) is 9.54. The molecule has 0 aromatic carbocycles. The first-order valence-corrected chi connectivity index (χ1v) is 5.57. The van der Waals surface area contributed by atoms with Gasteiger partial charge in [-0.2, -0.15) is 0 Å². The summed E-state index contributed by atoms with van der Waals surface area (Å²) in [6, 6.07) is 5.83. The van der Waals surface area contributed by atoms with Crippen molar-refractivity contribution in [2.45, 2.75) is 0 Å². The highest BCUT2D eigenvalue weighted by molar-refractivity contribution is 9.10. The zero-order valence-corrected chi connectivity index (χ0v) is 9.81. The van der Waals surface area contributed by atoms with Crippen LogP contribution in [-0.4, -0.2) is 9.97 Å². The molecule has 3 rings (SSSR count). The normalized spacial score (nSPS) is 10.8. The molecule has 4 heteroatoms. The van der Waals surface area contributed by atoms with Crippen LogP contribution in [0.1, 0.15) is 0 Å². The monoisotopic (exact) mass is 274 g/mol. The molecule has 3 aromatic rings. The zero-order chi connectivity index (χ0) is 11.0. The number of rotatable bonds is 1. The first-order valence-electron chi connectivity index (χ1n) is 4.78. The van der Waals surface area contributed by atoms with E-state index in [1.54, 1.807) is 24.8 Å². The Balaban J connectivity index is 2.23. The summed E-state index contributed by atoms with van der Waals surface area (Å²) >= 11 is 3.44. The zero-order valence-electron chi connectivity index (χ0n) is 8.22.